The number of aromatic carboxylic acids is 1. The molecule has 0 saturated heterocycles. The van der Waals surface area contributed by atoms with E-state index in [9.17, 15) is 14.3 Å². The van der Waals surface area contributed by atoms with Crippen molar-refractivity contribution in [2.45, 2.75) is 13.3 Å². The van der Waals surface area contributed by atoms with E-state index in [-0.39, 0.29) is 17.3 Å². The molecule has 1 aromatic carbocycles. The van der Waals surface area contributed by atoms with Gasteiger partial charge in [0.1, 0.15) is 11.4 Å². The fourth-order valence-electron chi connectivity index (χ4n) is 1.85. The lowest BCUT2D eigenvalue weighted by Crippen LogP contribution is -2.03. The Hall–Kier alpha value is -2.37. The minimum Gasteiger partial charge on any atom is -0.480 e. The van der Waals surface area contributed by atoms with Crippen LogP contribution in [0, 0.1) is 5.82 Å². The van der Waals surface area contributed by atoms with Gasteiger partial charge in [-0.25, -0.2) is 13.9 Å². The van der Waals surface area contributed by atoms with Crippen LogP contribution in [0.3, 0.4) is 0 Å². The highest BCUT2D eigenvalue weighted by Crippen LogP contribution is 2.26. The fraction of sp³-hybridized carbons (Fsp3) is 0.231. The first-order chi connectivity index (χ1) is 9.08. The summed E-state index contributed by atoms with van der Waals surface area (Å²) in [5.74, 6) is -1.33. The summed E-state index contributed by atoms with van der Waals surface area (Å²) in [4.78, 5) is 11.3. The smallest absolute Gasteiger partial charge is 0.343 e. The van der Waals surface area contributed by atoms with Gasteiger partial charge in [0.05, 0.1) is 18.5 Å². The number of benzene rings is 1. The standard InChI is InChI=1S/C13H13FN2O3/c1-3-10-11(13(17)18)12(19-2)16(15-10)9-6-4-8(14)5-7-9/h4-7H,3H2,1-2H3,(H,17,18). The molecule has 1 heterocycles. The van der Waals surface area contributed by atoms with Gasteiger partial charge < -0.3 is 9.84 Å². The molecule has 0 amide bonds. The molecule has 1 N–H and O–H groups in total. The number of carboxylic acids is 1. The minimum absolute atomic E-state index is 0.0364. The summed E-state index contributed by atoms with van der Waals surface area (Å²) in [6.45, 7) is 1.81. The number of aromatic nitrogens is 2. The maximum atomic E-state index is 12.9. The van der Waals surface area contributed by atoms with Crippen molar-refractivity contribution in [3.63, 3.8) is 0 Å². The molecule has 100 valence electrons. The van der Waals surface area contributed by atoms with Gasteiger partial charge in [0, 0.05) is 0 Å². The molecule has 0 saturated carbocycles. The second kappa shape index (κ2) is 5.09. The molecule has 0 bridgehead atoms. The Morgan fingerprint density at radius 2 is 2.05 bits per heavy atom. The Bertz CT molecular complexity index is 605. The topological polar surface area (TPSA) is 64.4 Å². The van der Waals surface area contributed by atoms with Crippen molar-refractivity contribution >= 4 is 5.97 Å². The van der Waals surface area contributed by atoms with E-state index in [0.717, 1.165) is 0 Å². The van der Waals surface area contributed by atoms with Crippen molar-refractivity contribution in [2.75, 3.05) is 7.11 Å². The van der Waals surface area contributed by atoms with Gasteiger partial charge in [-0.3, -0.25) is 0 Å². The lowest BCUT2D eigenvalue weighted by Gasteiger charge is -2.06. The lowest BCUT2D eigenvalue weighted by atomic mass is 10.2. The van der Waals surface area contributed by atoms with Gasteiger partial charge in [0.15, 0.2) is 0 Å². The van der Waals surface area contributed by atoms with Gasteiger partial charge in [0.2, 0.25) is 5.88 Å². The molecule has 19 heavy (non-hydrogen) atoms. The largest absolute Gasteiger partial charge is 0.480 e. The van der Waals surface area contributed by atoms with Crippen LogP contribution >= 0.6 is 0 Å². The van der Waals surface area contributed by atoms with Crippen LogP contribution in [0.1, 0.15) is 23.0 Å². The average Bonchev–Trinajstić information content (AvgIpc) is 2.78. The number of methoxy groups -OCH3 is 1. The molecule has 0 aliphatic carbocycles. The second-order valence-electron chi connectivity index (χ2n) is 3.88. The molecule has 6 heteroatoms. The molecular weight excluding hydrogens is 251 g/mol. The van der Waals surface area contributed by atoms with Crippen molar-refractivity contribution < 1.29 is 19.0 Å². The number of carbonyl (C=O) groups is 1. The Morgan fingerprint density at radius 3 is 2.53 bits per heavy atom. The molecule has 2 aromatic rings. The third-order valence-corrected chi connectivity index (χ3v) is 2.73. The zero-order chi connectivity index (χ0) is 14.0. The highest BCUT2D eigenvalue weighted by atomic mass is 19.1. The predicted molar refractivity (Wildman–Crippen MR) is 66.4 cm³/mol. The summed E-state index contributed by atoms with van der Waals surface area (Å²) in [6.07, 6.45) is 0.464. The highest BCUT2D eigenvalue weighted by Gasteiger charge is 2.24. The summed E-state index contributed by atoms with van der Waals surface area (Å²) >= 11 is 0. The molecule has 0 spiro atoms. The molecule has 0 fully saturated rings. The summed E-state index contributed by atoms with van der Waals surface area (Å²) in [7, 11) is 1.38. The van der Waals surface area contributed by atoms with Gasteiger partial charge in [-0.1, -0.05) is 6.92 Å². The van der Waals surface area contributed by atoms with E-state index >= 15 is 0 Å². The van der Waals surface area contributed by atoms with E-state index in [2.05, 4.69) is 5.10 Å². The molecule has 5 nitrogen and oxygen atoms in total. The minimum atomic E-state index is -1.10. The van der Waals surface area contributed by atoms with Crippen molar-refractivity contribution in [1.82, 2.24) is 9.78 Å². The maximum absolute atomic E-state index is 12.9. The van der Waals surface area contributed by atoms with E-state index < -0.39 is 5.97 Å². The van der Waals surface area contributed by atoms with E-state index in [1.54, 1.807) is 0 Å². The van der Waals surface area contributed by atoms with Gasteiger partial charge in [-0.2, -0.15) is 5.10 Å². The molecule has 0 unspecified atom stereocenters. The first-order valence-corrected chi connectivity index (χ1v) is 5.73. The number of rotatable bonds is 4. The molecular formula is C13H13FN2O3. The van der Waals surface area contributed by atoms with E-state index in [1.165, 1.54) is 36.1 Å². The van der Waals surface area contributed by atoms with Crippen molar-refractivity contribution in [3.8, 4) is 11.6 Å². The molecule has 0 aliphatic heterocycles. The third-order valence-electron chi connectivity index (χ3n) is 2.73. The monoisotopic (exact) mass is 264 g/mol. The first kappa shape index (κ1) is 13.1. The maximum Gasteiger partial charge on any atom is 0.343 e. The van der Waals surface area contributed by atoms with Crippen molar-refractivity contribution in [1.29, 1.82) is 0 Å². The zero-order valence-electron chi connectivity index (χ0n) is 10.6. The quantitative estimate of drug-likeness (QED) is 0.920. The van der Waals surface area contributed by atoms with Gasteiger partial charge in [0.25, 0.3) is 0 Å². The van der Waals surface area contributed by atoms with E-state index in [1.807, 2.05) is 6.92 Å². The average molecular weight is 264 g/mol. The van der Waals surface area contributed by atoms with Crippen LogP contribution in [-0.2, 0) is 6.42 Å². The summed E-state index contributed by atoms with van der Waals surface area (Å²) in [6, 6.07) is 5.58. The number of hydrogen-bond acceptors (Lipinski definition) is 3. The van der Waals surface area contributed by atoms with Crippen LogP contribution in [0.5, 0.6) is 5.88 Å². The number of halogens is 1. The van der Waals surface area contributed by atoms with Crippen molar-refractivity contribution in [2.24, 2.45) is 0 Å². The highest BCUT2D eigenvalue weighted by molar-refractivity contribution is 5.92. The van der Waals surface area contributed by atoms with Crippen LogP contribution in [0.15, 0.2) is 24.3 Å². The number of nitrogens with zero attached hydrogens (tertiary/aromatic N) is 2. The summed E-state index contributed by atoms with van der Waals surface area (Å²) in [5.41, 5.74) is 1.00. The molecule has 0 atom stereocenters. The van der Waals surface area contributed by atoms with E-state index in [4.69, 9.17) is 4.74 Å². The van der Waals surface area contributed by atoms with Gasteiger partial charge >= 0.3 is 5.97 Å². The van der Waals surface area contributed by atoms with Crippen LogP contribution < -0.4 is 4.74 Å². The Balaban J connectivity index is 2.63. The lowest BCUT2D eigenvalue weighted by molar-refractivity contribution is 0.0692. The van der Waals surface area contributed by atoms with Crippen LogP contribution in [-0.4, -0.2) is 28.0 Å². The number of aryl methyl sites for hydroxylation is 1. The zero-order valence-corrected chi connectivity index (χ0v) is 10.6. The first-order valence-electron chi connectivity index (χ1n) is 5.73. The molecule has 1 aromatic heterocycles. The van der Waals surface area contributed by atoms with Crippen LogP contribution in [0.2, 0.25) is 0 Å². The second-order valence-corrected chi connectivity index (χ2v) is 3.88. The van der Waals surface area contributed by atoms with Crippen LogP contribution in [0.25, 0.3) is 5.69 Å². The number of carboxylic acid groups (broad SMARTS) is 1. The predicted octanol–water partition coefficient (Wildman–Crippen LogP) is 2.28. The molecule has 0 aliphatic rings. The summed E-state index contributed by atoms with van der Waals surface area (Å²) in [5, 5.41) is 13.4. The van der Waals surface area contributed by atoms with E-state index in [0.29, 0.717) is 17.8 Å². The Morgan fingerprint density at radius 1 is 1.42 bits per heavy atom. The Kier molecular flexibility index (Phi) is 3.50. The SMILES string of the molecule is CCc1nn(-c2ccc(F)cc2)c(OC)c1C(=O)O. The fourth-order valence-corrected chi connectivity index (χ4v) is 1.85. The summed E-state index contributed by atoms with van der Waals surface area (Å²) < 4.78 is 19.4. The number of hydrogen-bond donors (Lipinski definition) is 1. The third kappa shape index (κ3) is 2.29. The van der Waals surface area contributed by atoms with Crippen molar-refractivity contribution in [3.05, 3.63) is 41.3 Å². The van der Waals surface area contributed by atoms with Gasteiger partial charge in [-0.05, 0) is 30.7 Å². The Labute approximate surface area is 109 Å². The molecule has 0 radical (unpaired) electrons. The van der Waals surface area contributed by atoms with Crippen LogP contribution in [0.4, 0.5) is 4.39 Å². The van der Waals surface area contributed by atoms with Gasteiger partial charge in [-0.15, -0.1) is 0 Å². The molecule has 2 rings (SSSR count). The normalized spacial score (nSPS) is 10.5. The number of ether oxygens (including phenoxy) is 1.